The van der Waals surface area contributed by atoms with Gasteiger partial charge < -0.3 is 14.1 Å². The molecule has 0 bridgehead atoms. The number of fused-ring (bicyclic) bond motifs is 1. The van der Waals surface area contributed by atoms with Crippen molar-refractivity contribution in [3.8, 4) is 11.5 Å². The molecule has 2 atom stereocenters. The number of carbonyl (C=O) groups is 1. The first-order valence-corrected chi connectivity index (χ1v) is 10.6. The number of nitrogens with one attached hydrogen (secondary N) is 1. The Balaban J connectivity index is 1.33. The van der Waals surface area contributed by atoms with Crippen LogP contribution in [0.25, 0.3) is 11.5 Å². The average molecular weight is 399 g/mol. The van der Waals surface area contributed by atoms with Gasteiger partial charge in [-0.15, -0.1) is 0 Å². The van der Waals surface area contributed by atoms with Gasteiger partial charge in [0.2, 0.25) is 0 Å². The van der Waals surface area contributed by atoms with Gasteiger partial charge in [0.25, 0.3) is 5.91 Å². The minimum atomic E-state index is 0.0160. The molecular weight excluding hydrogens is 368 g/mol. The van der Waals surface area contributed by atoms with Crippen molar-refractivity contribution in [3.63, 3.8) is 0 Å². The highest BCUT2D eigenvalue weighted by Gasteiger charge is 2.63. The maximum absolute atomic E-state index is 13.2. The summed E-state index contributed by atoms with van der Waals surface area (Å²) >= 11 is 0. The molecule has 2 aliphatic heterocycles. The molecule has 29 heavy (non-hydrogen) atoms. The van der Waals surface area contributed by atoms with Crippen molar-refractivity contribution in [2.75, 3.05) is 45.9 Å². The van der Waals surface area contributed by atoms with Crippen molar-refractivity contribution in [1.29, 1.82) is 0 Å². The van der Waals surface area contributed by atoms with Gasteiger partial charge in [-0.25, -0.2) is 0 Å². The van der Waals surface area contributed by atoms with E-state index >= 15 is 0 Å². The predicted octanol–water partition coefficient (Wildman–Crippen LogP) is 2.80. The van der Waals surface area contributed by atoms with Crippen LogP contribution in [0.4, 0.5) is 0 Å². The summed E-state index contributed by atoms with van der Waals surface area (Å²) in [6.07, 6.45) is 1.17. The maximum atomic E-state index is 13.2. The van der Waals surface area contributed by atoms with E-state index in [9.17, 15) is 4.79 Å². The Morgan fingerprint density at radius 2 is 2.10 bits per heavy atom. The molecular formula is C22H30N4O3. The topological polar surface area (TPSA) is 74.6 Å². The summed E-state index contributed by atoms with van der Waals surface area (Å²) in [6.45, 7) is 12.9. The summed E-state index contributed by atoms with van der Waals surface area (Å²) in [5, 5.41) is 7.24. The van der Waals surface area contributed by atoms with E-state index < -0.39 is 0 Å². The monoisotopic (exact) mass is 398 g/mol. The Morgan fingerprint density at radius 1 is 1.31 bits per heavy atom. The van der Waals surface area contributed by atoms with Crippen LogP contribution in [0.3, 0.4) is 0 Å². The van der Waals surface area contributed by atoms with Gasteiger partial charge in [0, 0.05) is 44.2 Å². The lowest BCUT2D eigenvalue weighted by molar-refractivity contribution is -0.0966. The molecule has 2 aromatic heterocycles. The molecule has 4 heterocycles. The molecule has 5 rings (SSSR count). The number of likely N-dealkylation sites (tertiary alicyclic amines) is 1. The molecule has 0 unspecified atom stereocenters. The molecule has 1 aliphatic carbocycles. The minimum Gasteiger partial charge on any atom is -0.460 e. The number of furan rings is 1. The molecule has 3 aliphatic rings. The van der Waals surface area contributed by atoms with Crippen molar-refractivity contribution in [2.45, 2.75) is 27.2 Å². The van der Waals surface area contributed by atoms with Gasteiger partial charge in [-0.2, -0.15) is 5.10 Å². The molecule has 7 nitrogen and oxygen atoms in total. The zero-order chi connectivity index (χ0) is 20.2. The third-order valence-corrected chi connectivity index (χ3v) is 7.13. The van der Waals surface area contributed by atoms with E-state index in [1.807, 2.05) is 24.0 Å². The molecule has 2 saturated heterocycles. The van der Waals surface area contributed by atoms with E-state index in [0.717, 1.165) is 57.4 Å². The maximum Gasteiger partial charge on any atom is 0.274 e. The summed E-state index contributed by atoms with van der Waals surface area (Å²) in [5.41, 5.74) is 1.69. The fraction of sp³-hybridized carbons (Fsp3) is 0.636. The van der Waals surface area contributed by atoms with E-state index in [-0.39, 0.29) is 16.7 Å². The minimum absolute atomic E-state index is 0.0160. The number of rotatable bonds is 4. The number of morpholine rings is 1. The first-order chi connectivity index (χ1) is 13.9. The molecule has 1 amide bonds. The Morgan fingerprint density at radius 3 is 2.79 bits per heavy atom. The number of carbonyl (C=O) groups excluding carboxylic acids is 1. The molecule has 0 aromatic carbocycles. The zero-order valence-electron chi connectivity index (χ0n) is 17.5. The second kappa shape index (κ2) is 6.71. The van der Waals surface area contributed by atoms with Gasteiger partial charge in [-0.1, -0.05) is 13.8 Å². The van der Waals surface area contributed by atoms with Crippen LogP contribution in [0, 0.1) is 23.7 Å². The zero-order valence-corrected chi connectivity index (χ0v) is 17.5. The third kappa shape index (κ3) is 3.20. The number of hydrogen-bond donors (Lipinski definition) is 1. The van der Waals surface area contributed by atoms with Crippen LogP contribution in [0.2, 0.25) is 0 Å². The third-order valence-electron chi connectivity index (χ3n) is 7.13. The van der Waals surface area contributed by atoms with Crippen LogP contribution in [0.1, 0.15) is 36.5 Å². The SMILES string of the molecule is Cc1ccc(-c2cc(C(=O)N3C[C@@H]4C(C)(C)C[C@]4(CN4CCOCC4)C3)n[nH]2)o1. The first kappa shape index (κ1) is 18.9. The van der Waals surface area contributed by atoms with E-state index in [1.54, 1.807) is 6.07 Å². The van der Waals surface area contributed by atoms with E-state index in [4.69, 9.17) is 9.15 Å². The lowest BCUT2D eigenvalue weighted by Crippen LogP contribution is -2.59. The summed E-state index contributed by atoms with van der Waals surface area (Å²) in [5.74, 6) is 2.10. The fourth-order valence-electron chi connectivity index (χ4n) is 6.00. The highest BCUT2D eigenvalue weighted by Crippen LogP contribution is 2.63. The summed E-state index contributed by atoms with van der Waals surface area (Å²) in [7, 11) is 0. The Bertz CT molecular complexity index is 911. The van der Waals surface area contributed by atoms with Gasteiger partial charge in [0.05, 0.1) is 13.2 Å². The van der Waals surface area contributed by atoms with Crippen molar-refractivity contribution in [2.24, 2.45) is 16.7 Å². The molecule has 2 aromatic rings. The average Bonchev–Trinajstić information content (AvgIpc) is 3.39. The quantitative estimate of drug-likeness (QED) is 0.857. The fourth-order valence-corrected chi connectivity index (χ4v) is 6.00. The van der Waals surface area contributed by atoms with Crippen molar-refractivity contribution >= 4 is 5.91 Å². The summed E-state index contributed by atoms with van der Waals surface area (Å²) in [4.78, 5) is 17.8. The molecule has 7 heteroatoms. The van der Waals surface area contributed by atoms with Gasteiger partial charge in [0.15, 0.2) is 11.5 Å². The normalized spacial score (nSPS) is 28.9. The van der Waals surface area contributed by atoms with Gasteiger partial charge in [-0.3, -0.25) is 14.8 Å². The van der Waals surface area contributed by atoms with Crippen LogP contribution in [0.15, 0.2) is 22.6 Å². The van der Waals surface area contributed by atoms with Gasteiger partial charge in [-0.05, 0) is 36.8 Å². The lowest BCUT2D eigenvalue weighted by atomic mass is 9.48. The number of amides is 1. The number of hydrogen-bond acceptors (Lipinski definition) is 5. The molecule has 0 radical (unpaired) electrons. The molecule has 3 fully saturated rings. The molecule has 156 valence electrons. The Labute approximate surface area is 171 Å². The number of H-pyrrole nitrogens is 1. The van der Waals surface area contributed by atoms with Crippen LogP contribution in [-0.4, -0.2) is 71.8 Å². The number of nitrogens with zero attached hydrogens (tertiary/aromatic N) is 3. The highest BCUT2D eigenvalue weighted by molar-refractivity contribution is 5.93. The number of aryl methyl sites for hydroxylation is 1. The van der Waals surface area contributed by atoms with Crippen molar-refractivity contribution < 1.29 is 13.9 Å². The second-order valence-corrected chi connectivity index (χ2v) is 9.73. The van der Waals surface area contributed by atoms with Gasteiger partial charge in [0.1, 0.15) is 11.5 Å². The summed E-state index contributed by atoms with van der Waals surface area (Å²) < 4.78 is 11.2. The predicted molar refractivity (Wildman–Crippen MR) is 109 cm³/mol. The van der Waals surface area contributed by atoms with E-state index in [2.05, 4.69) is 28.9 Å². The Kier molecular flexibility index (Phi) is 4.37. The van der Waals surface area contributed by atoms with Gasteiger partial charge >= 0.3 is 0 Å². The number of ether oxygens (including phenoxy) is 1. The largest absolute Gasteiger partial charge is 0.460 e. The van der Waals surface area contributed by atoms with Crippen LogP contribution >= 0.6 is 0 Å². The van der Waals surface area contributed by atoms with E-state index in [0.29, 0.717) is 17.4 Å². The first-order valence-electron chi connectivity index (χ1n) is 10.6. The standard InChI is InChI=1S/C22H30N4O3/c1-15-4-5-18(29-15)16-10-17(24-23-16)20(27)26-11-19-21(2,3)12-22(19,14-26)13-25-6-8-28-9-7-25/h4-5,10,19H,6-9,11-14H2,1-3H3,(H,23,24)/t19-,22+/m1/s1. The van der Waals surface area contributed by atoms with Crippen molar-refractivity contribution in [1.82, 2.24) is 20.0 Å². The molecule has 0 spiro atoms. The molecule has 1 N–H and O–H groups in total. The number of aromatic nitrogens is 2. The van der Waals surface area contributed by atoms with Crippen LogP contribution < -0.4 is 0 Å². The number of aromatic amines is 1. The van der Waals surface area contributed by atoms with E-state index in [1.165, 1.54) is 6.42 Å². The van der Waals surface area contributed by atoms with Crippen LogP contribution in [0.5, 0.6) is 0 Å². The Hall–Kier alpha value is -2.12. The second-order valence-electron chi connectivity index (χ2n) is 9.73. The van der Waals surface area contributed by atoms with Crippen LogP contribution in [-0.2, 0) is 4.74 Å². The lowest BCUT2D eigenvalue weighted by Gasteiger charge is -2.58. The smallest absolute Gasteiger partial charge is 0.274 e. The highest BCUT2D eigenvalue weighted by atomic mass is 16.5. The molecule has 1 saturated carbocycles. The van der Waals surface area contributed by atoms with Crippen molar-refractivity contribution in [3.05, 3.63) is 29.7 Å². The summed E-state index contributed by atoms with van der Waals surface area (Å²) in [6, 6.07) is 5.61.